The van der Waals surface area contributed by atoms with Crippen molar-refractivity contribution in [1.82, 2.24) is 9.97 Å². The molecule has 1 aliphatic rings. The molecule has 2 aromatic rings. The van der Waals surface area contributed by atoms with Crippen molar-refractivity contribution >= 4 is 23.4 Å². The molecule has 1 atom stereocenters. The van der Waals surface area contributed by atoms with Crippen molar-refractivity contribution in [2.24, 2.45) is 11.5 Å². The number of hydrogen-bond acceptors (Lipinski definition) is 7. The van der Waals surface area contributed by atoms with E-state index in [1.54, 1.807) is 0 Å². The highest BCUT2D eigenvalue weighted by Crippen LogP contribution is 2.37. The molecule has 0 spiro atoms. The summed E-state index contributed by atoms with van der Waals surface area (Å²) >= 11 is 0. The maximum absolute atomic E-state index is 12.0. The maximum Gasteiger partial charge on any atom is 0.254 e. The highest BCUT2D eigenvalue weighted by atomic mass is 16.3. The Kier molecular flexibility index (Phi) is 6.45. The molecule has 1 saturated heterocycles. The highest BCUT2D eigenvalue weighted by molar-refractivity contribution is 5.98. The number of carbonyl (C=O) groups excluding carboxylic acids is 1. The second-order valence-electron chi connectivity index (χ2n) is 8.58. The normalized spacial score (nSPS) is 16.9. The number of piperidine rings is 1. The van der Waals surface area contributed by atoms with Gasteiger partial charge in [0.1, 0.15) is 17.1 Å². The van der Waals surface area contributed by atoms with Gasteiger partial charge in [0.05, 0.1) is 0 Å². The molecule has 1 aromatic carbocycles. The molecule has 1 fully saturated rings. The first-order valence-electron chi connectivity index (χ1n) is 10.5. The van der Waals surface area contributed by atoms with Crippen LogP contribution in [0.1, 0.15) is 73.9 Å². The third-order valence-corrected chi connectivity index (χ3v) is 5.46. The monoisotopic (exact) mass is 412 g/mol. The molecule has 1 amide bonds. The molecular weight excluding hydrogens is 380 g/mol. The van der Waals surface area contributed by atoms with Crippen LogP contribution in [-0.4, -0.2) is 40.1 Å². The number of amides is 1. The van der Waals surface area contributed by atoms with Crippen molar-refractivity contribution in [2.45, 2.75) is 58.4 Å². The predicted octanol–water partition coefficient (Wildman–Crippen LogP) is 3.20. The number of aromatic hydroxyl groups is 1. The number of primary amides is 1. The van der Waals surface area contributed by atoms with Crippen molar-refractivity contribution in [3.63, 3.8) is 0 Å². The molecule has 0 saturated carbocycles. The Balaban J connectivity index is 2.02. The summed E-state index contributed by atoms with van der Waals surface area (Å²) in [5.74, 6) is 0.843. The van der Waals surface area contributed by atoms with E-state index in [0.717, 1.165) is 36.2 Å². The van der Waals surface area contributed by atoms with Crippen LogP contribution in [0.25, 0.3) is 0 Å². The molecule has 2 heterocycles. The van der Waals surface area contributed by atoms with Crippen LogP contribution in [0.5, 0.6) is 5.75 Å². The third kappa shape index (κ3) is 4.64. The van der Waals surface area contributed by atoms with E-state index in [-0.39, 0.29) is 23.4 Å². The van der Waals surface area contributed by atoms with E-state index in [1.165, 1.54) is 6.20 Å². The van der Waals surface area contributed by atoms with Crippen molar-refractivity contribution < 1.29 is 9.90 Å². The molecule has 162 valence electrons. The summed E-state index contributed by atoms with van der Waals surface area (Å²) in [6.45, 7) is 9.60. The summed E-state index contributed by atoms with van der Waals surface area (Å²) in [6.07, 6.45) is 3.41. The molecule has 0 radical (unpaired) electrons. The zero-order valence-electron chi connectivity index (χ0n) is 18.1. The van der Waals surface area contributed by atoms with Crippen LogP contribution in [0.4, 0.5) is 17.5 Å². The van der Waals surface area contributed by atoms with Gasteiger partial charge in [-0.1, -0.05) is 27.7 Å². The average molecular weight is 413 g/mol. The number of carbonyl (C=O) groups is 1. The molecule has 6 N–H and O–H groups in total. The molecule has 8 nitrogen and oxygen atoms in total. The van der Waals surface area contributed by atoms with Gasteiger partial charge in [-0.3, -0.25) is 4.79 Å². The lowest BCUT2D eigenvalue weighted by Crippen LogP contribution is -2.43. The van der Waals surface area contributed by atoms with Crippen molar-refractivity contribution in [3.05, 3.63) is 35.0 Å². The van der Waals surface area contributed by atoms with Crippen molar-refractivity contribution in [3.8, 4) is 5.75 Å². The first-order valence-corrected chi connectivity index (χ1v) is 10.5. The Morgan fingerprint density at radius 2 is 1.87 bits per heavy atom. The predicted molar refractivity (Wildman–Crippen MR) is 120 cm³/mol. The molecule has 0 aliphatic carbocycles. The number of nitrogens with two attached hydrogens (primary N) is 2. The van der Waals surface area contributed by atoms with E-state index in [9.17, 15) is 9.90 Å². The van der Waals surface area contributed by atoms with E-state index >= 15 is 0 Å². The minimum absolute atomic E-state index is 0.0777. The van der Waals surface area contributed by atoms with E-state index in [0.29, 0.717) is 24.1 Å². The number of anilines is 3. The summed E-state index contributed by atoms with van der Waals surface area (Å²) in [6, 6.07) is 3.85. The van der Waals surface area contributed by atoms with Gasteiger partial charge < -0.3 is 26.8 Å². The number of benzene rings is 1. The summed E-state index contributed by atoms with van der Waals surface area (Å²) < 4.78 is 0. The Morgan fingerprint density at radius 3 is 2.40 bits per heavy atom. The maximum atomic E-state index is 12.0. The second kappa shape index (κ2) is 8.87. The van der Waals surface area contributed by atoms with Crippen LogP contribution >= 0.6 is 0 Å². The van der Waals surface area contributed by atoms with Gasteiger partial charge in [-0.05, 0) is 47.9 Å². The zero-order chi connectivity index (χ0) is 22.0. The molecule has 0 unspecified atom stereocenters. The van der Waals surface area contributed by atoms with Crippen LogP contribution in [0, 0.1) is 0 Å². The van der Waals surface area contributed by atoms with Gasteiger partial charge in [-0.2, -0.15) is 4.98 Å². The van der Waals surface area contributed by atoms with Crippen molar-refractivity contribution in [1.29, 1.82) is 0 Å². The minimum Gasteiger partial charge on any atom is -0.507 e. The van der Waals surface area contributed by atoms with E-state index < -0.39 is 5.91 Å². The molecule has 0 bridgehead atoms. The van der Waals surface area contributed by atoms with Crippen LogP contribution < -0.4 is 21.7 Å². The van der Waals surface area contributed by atoms with E-state index in [1.807, 2.05) is 44.7 Å². The lowest BCUT2D eigenvalue weighted by Gasteiger charge is -2.31. The zero-order valence-corrected chi connectivity index (χ0v) is 18.1. The number of nitrogens with zero attached hydrogens (tertiary/aromatic N) is 3. The SMILES string of the molecule is CC(C)c1cc(Nc2nc(N3CCC[C@H](N)C3)ncc2C(N)=O)cc(C(C)C)c1O. The van der Waals surface area contributed by atoms with Gasteiger partial charge in [0, 0.05) is 31.0 Å². The minimum atomic E-state index is -0.605. The fourth-order valence-electron chi connectivity index (χ4n) is 3.76. The number of aromatic nitrogens is 2. The number of hydrogen-bond donors (Lipinski definition) is 4. The van der Waals surface area contributed by atoms with E-state index in [4.69, 9.17) is 11.5 Å². The molecule has 30 heavy (non-hydrogen) atoms. The van der Waals surface area contributed by atoms with Crippen LogP contribution in [-0.2, 0) is 0 Å². The Bertz CT molecular complexity index is 899. The summed E-state index contributed by atoms with van der Waals surface area (Å²) in [5, 5.41) is 13.9. The largest absolute Gasteiger partial charge is 0.507 e. The number of nitrogens with one attached hydrogen (secondary N) is 1. The smallest absolute Gasteiger partial charge is 0.254 e. The summed E-state index contributed by atoms with van der Waals surface area (Å²) in [7, 11) is 0. The average Bonchev–Trinajstić information content (AvgIpc) is 2.68. The number of phenolic OH excluding ortho intramolecular Hbond substituents is 1. The summed E-state index contributed by atoms with van der Waals surface area (Å²) in [4.78, 5) is 23.0. The molecular formula is C22H32N6O2. The fraction of sp³-hybridized carbons (Fsp3) is 0.500. The van der Waals surface area contributed by atoms with Crippen LogP contribution in [0.2, 0.25) is 0 Å². The summed E-state index contributed by atoms with van der Waals surface area (Å²) in [5.41, 5.74) is 14.3. The van der Waals surface area contributed by atoms with E-state index in [2.05, 4.69) is 15.3 Å². The Morgan fingerprint density at radius 1 is 1.23 bits per heavy atom. The van der Waals surface area contributed by atoms with Gasteiger partial charge >= 0.3 is 0 Å². The number of phenols is 1. The van der Waals surface area contributed by atoms with Gasteiger partial charge in [-0.25, -0.2) is 4.98 Å². The van der Waals surface area contributed by atoms with Gasteiger partial charge in [0.25, 0.3) is 5.91 Å². The lowest BCUT2D eigenvalue weighted by molar-refractivity contribution is 0.100. The standard InChI is InChI=1S/C22H32N6O2/c1-12(2)16-8-15(9-17(13(3)4)19(16)29)26-21-18(20(24)30)10-25-22(27-21)28-7-5-6-14(23)11-28/h8-10,12-14,29H,5-7,11,23H2,1-4H3,(H2,24,30)(H,25,26,27)/t14-/m0/s1. The number of rotatable bonds is 6. The van der Waals surface area contributed by atoms with Gasteiger partial charge in [-0.15, -0.1) is 0 Å². The van der Waals surface area contributed by atoms with Gasteiger partial charge in [0.2, 0.25) is 5.95 Å². The van der Waals surface area contributed by atoms with Gasteiger partial charge in [0.15, 0.2) is 0 Å². The van der Waals surface area contributed by atoms with Crippen molar-refractivity contribution in [2.75, 3.05) is 23.3 Å². The second-order valence-corrected chi connectivity index (χ2v) is 8.58. The fourth-order valence-corrected chi connectivity index (χ4v) is 3.76. The quantitative estimate of drug-likeness (QED) is 0.536. The van der Waals surface area contributed by atoms with Crippen LogP contribution in [0.3, 0.4) is 0 Å². The third-order valence-electron chi connectivity index (χ3n) is 5.46. The lowest BCUT2D eigenvalue weighted by atomic mass is 9.93. The van der Waals surface area contributed by atoms with Crippen LogP contribution in [0.15, 0.2) is 18.3 Å². The molecule has 3 rings (SSSR count). The molecule has 1 aliphatic heterocycles. The Labute approximate surface area is 177 Å². The highest BCUT2D eigenvalue weighted by Gasteiger charge is 2.22. The first kappa shape index (κ1) is 21.8. The molecule has 1 aromatic heterocycles. The Hall–Kier alpha value is -2.87. The topological polar surface area (TPSA) is 130 Å². The first-order chi connectivity index (χ1) is 14.2. The molecule has 8 heteroatoms.